The number of aromatic nitrogens is 3. The first-order valence-electron chi connectivity index (χ1n) is 6.01. The van der Waals surface area contributed by atoms with Crippen LogP contribution >= 0.6 is 15.9 Å². The molecule has 21 heavy (non-hydrogen) atoms. The van der Waals surface area contributed by atoms with Crippen molar-refractivity contribution in [1.29, 1.82) is 0 Å². The molecule has 2 aromatic rings. The zero-order chi connectivity index (χ0) is 15.4. The highest BCUT2D eigenvalue weighted by Crippen LogP contribution is 2.22. The lowest BCUT2D eigenvalue weighted by atomic mass is 10.2. The van der Waals surface area contributed by atoms with Crippen molar-refractivity contribution in [3.63, 3.8) is 0 Å². The molecule has 6 nitrogen and oxygen atoms in total. The summed E-state index contributed by atoms with van der Waals surface area (Å²) in [5, 5.41) is 7.72. The molecule has 0 radical (unpaired) electrons. The average molecular weight is 358 g/mol. The summed E-state index contributed by atoms with van der Waals surface area (Å²) < 4.78 is 25.1. The predicted octanol–water partition coefficient (Wildman–Crippen LogP) is 2.16. The van der Waals surface area contributed by atoms with Gasteiger partial charge in [0.1, 0.15) is 5.82 Å². The van der Waals surface area contributed by atoms with E-state index in [1.54, 1.807) is 12.1 Å². The van der Waals surface area contributed by atoms with Crippen LogP contribution in [0.3, 0.4) is 0 Å². The van der Waals surface area contributed by atoms with E-state index < -0.39 is 5.97 Å². The number of halogens is 2. The molecule has 0 unspecified atom stereocenters. The second-order valence-electron chi connectivity index (χ2n) is 4.18. The van der Waals surface area contributed by atoms with Gasteiger partial charge in [-0.15, -0.1) is 5.10 Å². The Labute approximate surface area is 129 Å². The van der Waals surface area contributed by atoms with E-state index in [4.69, 9.17) is 4.74 Å². The summed E-state index contributed by atoms with van der Waals surface area (Å²) >= 11 is 3.19. The minimum absolute atomic E-state index is 0.0897. The third-order valence-electron chi connectivity index (χ3n) is 2.85. The fraction of sp³-hybridized carbons (Fsp3) is 0.308. The number of esters is 1. The van der Waals surface area contributed by atoms with E-state index in [2.05, 4.69) is 31.0 Å². The third-order valence-corrected chi connectivity index (χ3v) is 3.74. The van der Waals surface area contributed by atoms with Gasteiger partial charge in [0.15, 0.2) is 5.69 Å². The highest BCUT2D eigenvalue weighted by atomic mass is 79.9. The van der Waals surface area contributed by atoms with Gasteiger partial charge in [-0.25, -0.2) is 13.9 Å². The summed E-state index contributed by atoms with van der Waals surface area (Å²) in [6.07, 6.45) is 0. The Bertz CT molecular complexity index is 660. The number of nitrogens with zero attached hydrogens (tertiary/aromatic N) is 3. The number of carbonyl (C=O) groups excluding carboxylic acids is 1. The van der Waals surface area contributed by atoms with Gasteiger partial charge >= 0.3 is 5.97 Å². The van der Waals surface area contributed by atoms with Crippen molar-refractivity contribution in [2.45, 2.75) is 13.2 Å². The molecule has 0 N–H and O–H groups in total. The third kappa shape index (κ3) is 3.27. The Hall–Kier alpha value is -1.80. The van der Waals surface area contributed by atoms with Crippen LogP contribution < -0.4 is 0 Å². The van der Waals surface area contributed by atoms with E-state index in [9.17, 15) is 9.18 Å². The molecule has 8 heteroatoms. The summed E-state index contributed by atoms with van der Waals surface area (Å²) in [4.78, 5) is 11.6. The van der Waals surface area contributed by atoms with Gasteiger partial charge in [-0.05, 0) is 27.6 Å². The van der Waals surface area contributed by atoms with Gasteiger partial charge in [-0.3, -0.25) is 0 Å². The minimum atomic E-state index is -0.591. The van der Waals surface area contributed by atoms with Crippen LogP contribution in [0.4, 0.5) is 4.39 Å². The summed E-state index contributed by atoms with van der Waals surface area (Å²) in [5.74, 6) is -0.958. The van der Waals surface area contributed by atoms with Crippen LogP contribution in [0.1, 0.15) is 21.7 Å². The van der Waals surface area contributed by atoms with E-state index in [0.717, 1.165) is 0 Å². The van der Waals surface area contributed by atoms with Crippen LogP contribution in [-0.4, -0.2) is 35.2 Å². The maximum absolute atomic E-state index is 13.5. The van der Waals surface area contributed by atoms with E-state index in [1.165, 1.54) is 25.0 Å². The van der Waals surface area contributed by atoms with Crippen LogP contribution in [-0.2, 0) is 22.6 Å². The number of benzene rings is 1. The maximum atomic E-state index is 13.5. The molecule has 1 aromatic carbocycles. The molecule has 0 aliphatic rings. The first-order valence-corrected chi connectivity index (χ1v) is 6.80. The Morgan fingerprint density at radius 3 is 2.86 bits per heavy atom. The summed E-state index contributed by atoms with van der Waals surface area (Å²) in [6, 6.07) is 4.71. The molecule has 0 spiro atoms. The van der Waals surface area contributed by atoms with Gasteiger partial charge in [0, 0.05) is 7.11 Å². The van der Waals surface area contributed by atoms with Crippen molar-refractivity contribution in [2.24, 2.45) is 0 Å². The van der Waals surface area contributed by atoms with Crippen LogP contribution in [0.25, 0.3) is 0 Å². The molecule has 0 aliphatic heterocycles. The number of carbonyl (C=O) groups is 1. The van der Waals surface area contributed by atoms with Crippen LogP contribution in [0.2, 0.25) is 0 Å². The molecule has 0 amide bonds. The van der Waals surface area contributed by atoms with Crippen molar-refractivity contribution in [2.75, 3.05) is 14.2 Å². The zero-order valence-corrected chi connectivity index (χ0v) is 13.1. The molecule has 0 atom stereocenters. The summed E-state index contributed by atoms with van der Waals surface area (Å²) in [7, 11) is 2.76. The van der Waals surface area contributed by atoms with E-state index >= 15 is 0 Å². The smallest absolute Gasteiger partial charge is 0.360 e. The highest BCUT2D eigenvalue weighted by Gasteiger charge is 2.21. The molecular weight excluding hydrogens is 345 g/mol. The molecule has 0 aliphatic carbocycles. The van der Waals surface area contributed by atoms with Gasteiger partial charge in [0.05, 0.1) is 30.4 Å². The maximum Gasteiger partial charge on any atom is 0.360 e. The second kappa shape index (κ2) is 6.77. The van der Waals surface area contributed by atoms with Crippen molar-refractivity contribution >= 4 is 21.9 Å². The summed E-state index contributed by atoms with van der Waals surface area (Å²) in [5.41, 5.74) is 1.24. The first-order chi connectivity index (χ1) is 10.1. The fourth-order valence-electron chi connectivity index (χ4n) is 1.83. The fourth-order valence-corrected chi connectivity index (χ4v) is 2.22. The number of hydrogen-bond acceptors (Lipinski definition) is 5. The van der Waals surface area contributed by atoms with Crippen molar-refractivity contribution < 1.29 is 18.7 Å². The van der Waals surface area contributed by atoms with Crippen LogP contribution in [0.15, 0.2) is 22.7 Å². The van der Waals surface area contributed by atoms with Gasteiger partial charge in [-0.2, -0.15) is 0 Å². The first kappa shape index (κ1) is 15.6. The van der Waals surface area contributed by atoms with Gasteiger partial charge < -0.3 is 9.47 Å². The molecule has 112 valence electrons. The highest BCUT2D eigenvalue weighted by molar-refractivity contribution is 9.10. The predicted molar refractivity (Wildman–Crippen MR) is 75.3 cm³/mol. The lowest BCUT2D eigenvalue weighted by Crippen LogP contribution is -2.11. The van der Waals surface area contributed by atoms with Gasteiger partial charge in [-0.1, -0.05) is 17.3 Å². The van der Waals surface area contributed by atoms with E-state index in [-0.39, 0.29) is 24.7 Å². The Morgan fingerprint density at radius 2 is 2.19 bits per heavy atom. The molecule has 1 aromatic heterocycles. The van der Waals surface area contributed by atoms with E-state index in [1.807, 2.05) is 0 Å². The monoisotopic (exact) mass is 357 g/mol. The number of methoxy groups -OCH3 is 2. The number of rotatable bonds is 5. The lowest BCUT2D eigenvalue weighted by molar-refractivity contribution is 0.0588. The van der Waals surface area contributed by atoms with Crippen molar-refractivity contribution in [3.8, 4) is 0 Å². The van der Waals surface area contributed by atoms with Gasteiger partial charge in [0.2, 0.25) is 0 Å². The number of ether oxygens (including phenoxy) is 2. The zero-order valence-electron chi connectivity index (χ0n) is 11.5. The van der Waals surface area contributed by atoms with E-state index in [0.29, 0.717) is 15.7 Å². The average Bonchev–Trinajstić information content (AvgIpc) is 2.86. The topological polar surface area (TPSA) is 66.2 Å². The molecule has 1 heterocycles. The normalized spacial score (nSPS) is 10.7. The number of hydrogen-bond donors (Lipinski definition) is 0. The molecule has 0 saturated heterocycles. The van der Waals surface area contributed by atoms with Gasteiger partial charge in [0.25, 0.3) is 0 Å². The van der Waals surface area contributed by atoms with Crippen LogP contribution in [0, 0.1) is 5.82 Å². The SMILES string of the molecule is COCc1c(C(=O)OC)nnn1Cc1cccc(F)c1Br. The Kier molecular flexibility index (Phi) is 5.03. The second-order valence-corrected chi connectivity index (χ2v) is 4.97. The molecule has 0 bridgehead atoms. The largest absolute Gasteiger partial charge is 0.464 e. The molecule has 2 rings (SSSR count). The molecule has 0 saturated carbocycles. The van der Waals surface area contributed by atoms with Crippen LogP contribution in [0.5, 0.6) is 0 Å². The standard InChI is InChI=1S/C13H13BrFN3O3/c1-20-7-10-12(13(19)21-2)16-17-18(10)6-8-4-3-5-9(15)11(8)14/h3-5H,6-7H2,1-2H3. The molecular formula is C13H13BrFN3O3. The minimum Gasteiger partial charge on any atom is -0.464 e. The van der Waals surface area contributed by atoms with Crippen molar-refractivity contribution in [3.05, 3.63) is 45.4 Å². The lowest BCUT2D eigenvalue weighted by Gasteiger charge is -2.09. The quantitative estimate of drug-likeness (QED) is 0.767. The van der Waals surface area contributed by atoms with Crippen molar-refractivity contribution in [1.82, 2.24) is 15.0 Å². The Morgan fingerprint density at radius 1 is 1.43 bits per heavy atom. The molecule has 0 fully saturated rings. The Balaban J connectivity index is 2.38. The summed E-state index contributed by atoms with van der Waals surface area (Å²) in [6.45, 7) is 0.394.